The molecule has 3 nitrogen and oxygen atoms in total. The van der Waals surface area contributed by atoms with Crippen LogP contribution in [0.1, 0.15) is 20.1 Å². The fourth-order valence-electron chi connectivity index (χ4n) is 2.00. The molecule has 0 atom stereocenters. The summed E-state index contributed by atoms with van der Waals surface area (Å²) in [6, 6.07) is 10.6. The quantitative estimate of drug-likeness (QED) is 0.729. The van der Waals surface area contributed by atoms with E-state index in [-0.39, 0.29) is 11.3 Å². The van der Waals surface area contributed by atoms with Crippen LogP contribution in [0.15, 0.2) is 41.2 Å². The van der Waals surface area contributed by atoms with Crippen LogP contribution in [0.3, 0.4) is 0 Å². The highest BCUT2D eigenvalue weighted by molar-refractivity contribution is 7.13. The third-order valence-electron chi connectivity index (χ3n) is 3.11. The molecule has 6 heteroatoms. The molecule has 0 saturated carbocycles. The van der Waals surface area contributed by atoms with Gasteiger partial charge in [-0.05, 0) is 49.4 Å². The lowest BCUT2D eigenvalue weighted by Gasteiger charge is -1.94. The van der Waals surface area contributed by atoms with Gasteiger partial charge in [-0.2, -0.15) is 0 Å². The van der Waals surface area contributed by atoms with Crippen LogP contribution in [0.2, 0.25) is 5.02 Å². The first kappa shape index (κ1) is 15.9. The van der Waals surface area contributed by atoms with Crippen LogP contribution < -0.4 is 14.8 Å². The number of hydrogen-bond donors (Lipinski definition) is 1. The van der Waals surface area contributed by atoms with Gasteiger partial charge in [0.05, 0.1) is 9.20 Å². The van der Waals surface area contributed by atoms with Gasteiger partial charge in [-0.15, -0.1) is 22.7 Å². The number of carbonyl (C=O) groups is 1. The number of Topliss-reactive ketones (excluding diaryl/α,β-unsaturated/α-hetero) is 1. The molecule has 0 amide bonds. The van der Waals surface area contributed by atoms with Crippen LogP contribution in [0.25, 0.3) is 12.2 Å². The molecule has 0 bridgehead atoms. The highest BCUT2D eigenvalue weighted by atomic mass is 35.5. The van der Waals surface area contributed by atoms with E-state index in [0.29, 0.717) is 19.8 Å². The molecular weight excluding hydrogens is 350 g/mol. The summed E-state index contributed by atoms with van der Waals surface area (Å²) in [7, 11) is 0. The molecule has 0 unspecified atom stereocenters. The lowest BCUT2D eigenvalue weighted by atomic mass is 10.1. The zero-order chi connectivity index (χ0) is 16.4. The number of hydrogen-bond acceptors (Lipinski definition) is 4. The summed E-state index contributed by atoms with van der Waals surface area (Å²) >= 11 is 8.70. The second kappa shape index (κ2) is 6.66. The van der Waals surface area contributed by atoms with Crippen LogP contribution in [-0.2, 0) is 0 Å². The Morgan fingerprint density at radius 2 is 1.87 bits per heavy atom. The molecule has 1 N–H and O–H groups in total. The van der Waals surface area contributed by atoms with Gasteiger partial charge in [0.2, 0.25) is 0 Å². The summed E-state index contributed by atoms with van der Waals surface area (Å²) < 4.78 is 1.12. The number of aromatic nitrogens is 1. The number of carbonyl (C=O) groups excluding carboxylic acids is 1. The molecule has 0 radical (unpaired) electrons. The fraction of sp³-hybridized carbons (Fsp3) is 0.0588. The van der Waals surface area contributed by atoms with Crippen LogP contribution in [-0.4, -0.2) is 10.8 Å². The lowest BCUT2D eigenvalue weighted by molar-refractivity contribution is 0.106. The van der Waals surface area contributed by atoms with Crippen molar-refractivity contribution in [1.82, 2.24) is 4.98 Å². The first-order valence-corrected chi connectivity index (χ1v) is 8.81. The van der Waals surface area contributed by atoms with E-state index in [4.69, 9.17) is 11.6 Å². The van der Waals surface area contributed by atoms with Gasteiger partial charge in [0.25, 0.3) is 5.56 Å². The highest BCUT2D eigenvalue weighted by Crippen LogP contribution is 2.15. The molecule has 0 saturated heterocycles. The molecule has 2 heterocycles. The Morgan fingerprint density at radius 3 is 2.52 bits per heavy atom. The van der Waals surface area contributed by atoms with E-state index in [1.165, 1.54) is 22.3 Å². The SMILES string of the molecule is Cc1ccc(C=c2sc(=CC(=O)c3ccc(Cl)cc3)[nH]c2=O)s1. The molecular formula is C17H12ClNO2S2. The summed E-state index contributed by atoms with van der Waals surface area (Å²) in [4.78, 5) is 29.1. The summed E-state index contributed by atoms with van der Waals surface area (Å²) in [5.74, 6) is -0.169. The van der Waals surface area contributed by atoms with Gasteiger partial charge in [0.15, 0.2) is 5.78 Å². The number of halogens is 1. The first-order valence-electron chi connectivity index (χ1n) is 6.80. The number of H-pyrrole nitrogens is 1. The number of benzene rings is 1. The number of thiophene rings is 1. The Balaban J connectivity index is 1.97. The van der Waals surface area contributed by atoms with Gasteiger partial charge in [-0.1, -0.05) is 11.6 Å². The Bertz CT molecular complexity index is 1030. The number of aryl methyl sites for hydroxylation is 1. The lowest BCUT2D eigenvalue weighted by Crippen LogP contribution is -2.19. The van der Waals surface area contributed by atoms with E-state index in [0.717, 1.165) is 4.88 Å². The van der Waals surface area contributed by atoms with Crippen molar-refractivity contribution in [3.05, 3.63) is 76.3 Å². The van der Waals surface area contributed by atoms with E-state index in [1.807, 2.05) is 25.1 Å². The average Bonchev–Trinajstić information content (AvgIpc) is 3.06. The maximum absolute atomic E-state index is 12.2. The van der Waals surface area contributed by atoms with Crippen LogP contribution in [0.5, 0.6) is 0 Å². The largest absolute Gasteiger partial charge is 0.313 e. The first-order chi connectivity index (χ1) is 11.0. The topological polar surface area (TPSA) is 49.9 Å². The predicted molar refractivity (Wildman–Crippen MR) is 97.1 cm³/mol. The predicted octanol–water partition coefficient (Wildman–Crippen LogP) is 2.95. The molecule has 1 aromatic carbocycles. The average molecular weight is 362 g/mol. The number of rotatable bonds is 3. The second-order valence-electron chi connectivity index (χ2n) is 4.89. The van der Waals surface area contributed by atoms with Crippen LogP contribution in [0.4, 0.5) is 0 Å². The van der Waals surface area contributed by atoms with Crippen LogP contribution in [0, 0.1) is 6.92 Å². The van der Waals surface area contributed by atoms with Gasteiger partial charge in [0, 0.05) is 26.4 Å². The summed E-state index contributed by atoms with van der Waals surface area (Å²) in [6.45, 7) is 2.02. The third-order valence-corrected chi connectivity index (χ3v) is 5.27. The smallest absolute Gasteiger partial charge is 0.266 e. The minimum Gasteiger partial charge on any atom is -0.313 e. The Labute approximate surface area is 145 Å². The summed E-state index contributed by atoms with van der Waals surface area (Å²) in [5, 5.41) is 0.578. The zero-order valence-corrected chi connectivity index (χ0v) is 14.5. The highest BCUT2D eigenvalue weighted by Gasteiger charge is 2.03. The number of ketones is 1. The molecule has 2 aromatic heterocycles. The van der Waals surface area contributed by atoms with Crippen molar-refractivity contribution >= 4 is 52.2 Å². The monoisotopic (exact) mass is 361 g/mol. The molecule has 116 valence electrons. The molecule has 23 heavy (non-hydrogen) atoms. The van der Waals surface area contributed by atoms with Crippen molar-refractivity contribution < 1.29 is 4.79 Å². The van der Waals surface area contributed by atoms with Gasteiger partial charge in [-0.25, -0.2) is 0 Å². The van der Waals surface area contributed by atoms with E-state index in [2.05, 4.69) is 4.98 Å². The van der Waals surface area contributed by atoms with Gasteiger partial charge < -0.3 is 4.98 Å². The minimum absolute atomic E-state index is 0.169. The zero-order valence-electron chi connectivity index (χ0n) is 12.1. The Hall–Kier alpha value is -1.95. The van der Waals surface area contributed by atoms with Crippen molar-refractivity contribution in [3.8, 4) is 0 Å². The van der Waals surface area contributed by atoms with E-state index in [9.17, 15) is 9.59 Å². The van der Waals surface area contributed by atoms with E-state index >= 15 is 0 Å². The number of aromatic amines is 1. The summed E-state index contributed by atoms with van der Waals surface area (Å²) in [5.41, 5.74) is 0.347. The van der Waals surface area contributed by atoms with E-state index in [1.54, 1.807) is 35.6 Å². The molecule has 0 fully saturated rings. The number of thiazole rings is 1. The standard InChI is InChI=1S/C17H12ClNO2S2/c1-10-2-7-13(22-10)8-15-17(21)19-16(23-15)9-14(20)11-3-5-12(18)6-4-11/h2-9H,1H3,(H,19,21). The van der Waals surface area contributed by atoms with Gasteiger partial charge in [-0.3, -0.25) is 9.59 Å². The fourth-order valence-corrected chi connectivity index (χ4v) is 3.90. The van der Waals surface area contributed by atoms with Crippen molar-refractivity contribution in [2.24, 2.45) is 0 Å². The maximum Gasteiger partial charge on any atom is 0.266 e. The molecule has 0 aliphatic carbocycles. The molecule has 0 spiro atoms. The van der Waals surface area contributed by atoms with E-state index < -0.39 is 0 Å². The maximum atomic E-state index is 12.2. The summed E-state index contributed by atoms with van der Waals surface area (Å²) in [6.07, 6.45) is 3.28. The van der Waals surface area contributed by atoms with Crippen LogP contribution >= 0.6 is 34.3 Å². The normalized spacial score (nSPS) is 12.8. The Kier molecular flexibility index (Phi) is 4.61. The number of nitrogens with one attached hydrogen (secondary N) is 1. The molecule has 3 aromatic rings. The third kappa shape index (κ3) is 3.88. The van der Waals surface area contributed by atoms with Gasteiger partial charge >= 0.3 is 0 Å². The van der Waals surface area contributed by atoms with Gasteiger partial charge in [0.1, 0.15) is 0 Å². The minimum atomic E-state index is -0.184. The molecule has 0 aliphatic heterocycles. The van der Waals surface area contributed by atoms with Crippen molar-refractivity contribution in [1.29, 1.82) is 0 Å². The second-order valence-corrected chi connectivity index (χ2v) is 7.73. The van der Waals surface area contributed by atoms with Crippen molar-refractivity contribution in [2.75, 3.05) is 0 Å². The van der Waals surface area contributed by atoms with Crippen molar-refractivity contribution in [3.63, 3.8) is 0 Å². The molecule has 0 aliphatic rings. The van der Waals surface area contributed by atoms with Crippen molar-refractivity contribution in [2.45, 2.75) is 6.92 Å². The molecule has 3 rings (SSSR count). The Morgan fingerprint density at radius 1 is 1.13 bits per heavy atom.